The van der Waals surface area contributed by atoms with Gasteiger partial charge in [-0.2, -0.15) is 0 Å². The lowest BCUT2D eigenvalue weighted by Gasteiger charge is -2.23. The van der Waals surface area contributed by atoms with Crippen LogP contribution in [0, 0.1) is 0 Å². The minimum Gasteiger partial charge on any atom is -0.478 e. The zero-order valence-corrected chi connectivity index (χ0v) is 10.9. The van der Waals surface area contributed by atoms with Gasteiger partial charge in [-0.15, -0.1) is 0 Å². The highest BCUT2D eigenvalue weighted by atomic mass is 16.5. The second kappa shape index (κ2) is 6.33. The summed E-state index contributed by atoms with van der Waals surface area (Å²) >= 11 is 0. The Balaban J connectivity index is 2.01. The van der Waals surface area contributed by atoms with Gasteiger partial charge in [0, 0.05) is 31.5 Å². The first kappa shape index (κ1) is 14.3. The topological polar surface area (TPSA) is 97.6 Å². The van der Waals surface area contributed by atoms with Gasteiger partial charge in [0.25, 0.3) is 5.56 Å². The van der Waals surface area contributed by atoms with E-state index < -0.39 is 11.5 Å². The van der Waals surface area contributed by atoms with E-state index in [1.54, 1.807) is 0 Å². The first-order valence-corrected chi connectivity index (χ1v) is 6.37. The van der Waals surface area contributed by atoms with Gasteiger partial charge in [-0.3, -0.25) is 9.59 Å². The predicted octanol–water partition coefficient (Wildman–Crippen LogP) is -0.158. The van der Waals surface area contributed by atoms with Crippen LogP contribution in [-0.4, -0.2) is 40.8 Å². The van der Waals surface area contributed by atoms with Crippen LogP contribution in [0.25, 0.3) is 0 Å². The van der Waals surface area contributed by atoms with Gasteiger partial charge in [0.1, 0.15) is 6.54 Å². The Kier molecular flexibility index (Phi) is 4.52. The number of nitrogens with zero attached hydrogens (tertiary/aromatic N) is 1. The monoisotopic (exact) mass is 280 g/mol. The lowest BCUT2D eigenvalue weighted by molar-refractivity contribution is -0.123. The van der Waals surface area contributed by atoms with Crippen molar-refractivity contribution in [2.24, 2.45) is 0 Å². The van der Waals surface area contributed by atoms with Gasteiger partial charge in [0.2, 0.25) is 5.91 Å². The Labute approximate surface area is 115 Å². The molecule has 2 N–H and O–H groups in total. The third-order valence-electron chi connectivity index (χ3n) is 3.13. The number of hydrogen-bond donors (Lipinski definition) is 2. The van der Waals surface area contributed by atoms with Crippen molar-refractivity contribution in [3.63, 3.8) is 0 Å². The Bertz CT molecular complexity index is 560. The summed E-state index contributed by atoms with van der Waals surface area (Å²) < 4.78 is 6.28. The zero-order valence-electron chi connectivity index (χ0n) is 10.9. The molecule has 20 heavy (non-hydrogen) atoms. The number of hydrogen-bond acceptors (Lipinski definition) is 4. The van der Waals surface area contributed by atoms with Gasteiger partial charge in [-0.25, -0.2) is 4.79 Å². The number of nitrogens with one attached hydrogen (secondary N) is 1. The molecule has 2 heterocycles. The molecule has 7 heteroatoms. The van der Waals surface area contributed by atoms with E-state index in [1.807, 2.05) is 0 Å². The molecule has 7 nitrogen and oxygen atoms in total. The van der Waals surface area contributed by atoms with Crippen molar-refractivity contribution in [2.75, 3.05) is 13.2 Å². The number of amides is 1. The third-order valence-corrected chi connectivity index (χ3v) is 3.13. The van der Waals surface area contributed by atoms with E-state index in [4.69, 9.17) is 9.84 Å². The summed E-state index contributed by atoms with van der Waals surface area (Å²) in [5.41, 5.74) is -0.430. The molecule has 1 aromatic rings. The van der Waals surface area contributed by atoms with Crippen LogP contribution in [0.4, 0.5) is 0 Å². The second-order valence-electron chi connectivity index (χ2n) is 4.64. The van der Waals surface area contributed by atoms with E-state index in [1.165, 1.54) is 12.3 Å². The first-order valence-electron chi connectivity index (χ1n) is 6.37. The van der Waals surface area contributed by atoms with Crippen LogP contribution in [0.3, 0.4) is 0 Å². The molecule has 1 amide bonds. The lowest BCUT2D eigenvalue weighted by atomic mass is 10.1. The fraction of sp³-hybridized carbons (Fsp3) is 0.462. The highest BCUT2D eigenvalue weighted by Gasteiger charge is 2.16. The van der Waals surface area contributed by atoms with E-state index in [9.17, 15) is 14.4 Å². The largest absolute Gasteiger partial charge is 0.478 e. The van der Waals surface area contributed by atoms with E-state index in [-0.39, 0.29) is 24.1 Å². The van der Waals surface area contributed by atoms with Crippen molar-refractivity contribution in [2.45, 2.75) is 25.4 Å². The molecule has 1 aliphatic rings. The summed E-state index contributed by atoms with van der Waals surface area (Å²) in [6.07, 6.45) is 2.67. The minimum atomic E-state index is -1.14. The average Bonchev–Trinajstić information content (AvgIpc) is 2.42. The molecule has 0 aliphatic carbocycles. The lowest BCUT2D eigenvalue weighted by Crippen LogP contribution is -2.41. The smallest absolute Gasteiger partial charge is 0.337 e. The molecule has 0 aromatic carbocycles. The molecule has 0 radical (unpaired) electrons. The number of carbonyl (C=O) groups is 2. The Morgan fingerprint density at radius 3 is 2.70 bits per heavy atom. The Morgan fingerprint density at radius 1 is 1.35 bits per heavy atom. The van der Waals surface area contributed by atoms with Crippen LogP contribution in [0.1, 0.15) is 23.2 Å². The Morgan fingerprint density at radius 2 is 2.05 bits per heavy atom. The Hall–Kier alpha value is -2.15. The number of ether oxygens (including phenoxy) is 1. The normalized spacial score (nSPS) is 15.8. The molecule has 1 fully saturated rings. The van der Waals surface area contributed by atoms with Crippen LogP contribution in [0.5, 0.6) is 0 Å². The predicted molar refractivity (Wildman–Crippen MR) is 69.6 cm³/mol. The molecule has 0 unspecified atom stereocenters. The molecule has 108 valence electrons. The molecular weight excluding hydrogens is 264 g/mol. The molecule has 0 bridgehead atoms. The third kappa shape index (κ3) is 3.67. The summed E-state index contributed by atoms with van der Waals surface area (Å²) in [6.45, 7) is 1.04. The summed E-state index contributed by atoms with van der Waals surface area (Å²) in [5, 5.41) is 11.7. The number of carboxylic acids is 1. The summed E-state index contributed by atoms with van der Waals surface area (Å²) in [7, 11) is 0. The van der Waals surface area contributed by atoms with Crippen LogP contribution in [0.15, 0.2) is 23.1 Å². The quantitative estimate of drug-likeness (QED) is 0.798. The fourth-order valence-corrected chi connectivity index (χ4v) is 2.05. The summed E-state index contributed by atoms with van der Waals surface area (Å²) in [6, 6.07) is 2.41. The number of carbonyl (C=O) groups excluding carboxylic acids is 1. The number of rotatable bonds is 4. The molecule has 1 saturated heterocycles. The first-order chi connectivity index (χ1) is 9.56. The number of aromatic nitrogens is 1. The van der Waals surface area contributed by atoms with Gasteiger partial charge in [0.05, 0.1) is 5.56 Å². The van der Waals surface area contributed by atoms with Crippen LogP contribution < -0.4 is 10.9 Å². The van der Waals surface area contributed by atoms with Gasteiger partial charge >= 0.3 is 5.97 Å². The highest BCUT2D eigenvalue weighted by Crippen LogP contribution is 2.06. The average molecular weight is 280 g/mol. The van der Waals surface area contributed by atoms with Gasteiger partial charge in [-0.1, -0.05) is 0 Å². The van der Waals surface area contributed by atoms with Crippen LogP contribution in [-0.2, 0) is 16.1 Å². The SMILES string of the molecule is O=C(Cn1cc(C(=O)O)ccc1=O)NC1CCOCC1. The van der Waals surface area contributed by atoms with Crippen molar-refractivity contribution in [3.05, 3.63) is 34.2 Å². The number of carboxylic acid groups (broad SMARTS) is 1. The van der Waals surface area contributed by atoms with E-state index in [0.717, 1.165) is 23.5 Å². The maximum absolute atomic E-state index is 11.9. The maximum Gasteiger partial charge on any atom is 0.337 e. The van der Waals surface area contributed by atoms with E-state index in [2.05, 4.69) is 5.32 Å². The van der Waals surface area contributed by atoms with Gasteiger partial charge in [0.15, 0.2) is 0 Å². The maximum atomic E-state index is 11.9. The van der Waals surface area contributed by atoms with Crippen LogP contribution in [0.2, 0.25) is 0 Å². The highest BCUT2D eigenvalue weighted by molar-refractivity contribution is 5.87. The van der Waals surface area contributed by atoms with Gasteiger partial charge in [-0.05, 0) is 18.9 Å². The molecule has 2 rings (SSSR count). The number of aromatic carboxylic acids is 1. The fourth-order valence-electron chi connectivity index (χ4n) is 2.05. The summed E-state index contributed by atoms with van der Waals surface area (Å²) in [5.74, 6) is -1.44. The molecule has 0 atom stereocenters. The molecule has 0 saturated carbocycles. The minimum absolute atomic E-state index is 0.0246. The molecule has 0 spiro atoms. The number of pyridine rings is 1. The van der Waals surface area contributed by atoms with Crippen molar-refractivity contribution in [1.82, 2.24) is 9.88 Å². The van der Waals surface area contributed by atoms with E-state index in [0.29, 0.717) is 13.2 Å². The molecular formula is C13H16N2O5. The molecule has 1 aromatic heterocycles. The van der Waals surface area contributed by atoms with Crippen molar-refractivity contribution >= 4 is 11.9 Å². The standard InChI is InChI=1S/C13H16N2O5/c16-11(14-10-3-5-20-6-4-10)8-15-7-9(13(18)19)1-2-12(15)17/h1-2,7,10H,3-6,8H2,(H,14,16)(H,18,19). The van der Waals surface area contributed by atoms with Crippen LogP contribution >= 0.6 is 0 Å². The van der Waals surface area contributed by atoms with Crippen molar-refractivity contribution < 1.29 is 19.4 Å². The van der Waals surface area contributed by atoms with E-state index >= 15 is 0 Å². The van der Waals surface area contributed by atoms with Crippen molar-refractivity contribution in [3.8, 4) is 0 Å². The molecule has 1 aliphatic heterocycles. The summed E-state index contributed by atoms with van der Waals surface area (Å²) in [4.78, 5) is 34.3. The second-order valence-corrected chi connectivity index (χ2v) is 4.64. The zero-order chi connectivity index (χ0) is 14.5. The van der Waals surface area contributed by atoms with Crippen molar-refractivity contribution in [1.29, 1.82) is 0 Å². The van der Waals surface area contributed by atoms with Gasteiger partial charge < -0.3 is 19.7 Å².